The number of amidine groups is 1. The molecule has 3 aliphatic heterocycles. The van der Waals surface area contributed by atoms with Gasteiger partial charge < -0.3 is 14.9 Å². The molecule has 3 heterocycles. The monoisotopic (exact) mass is 489 g/mol. The molecule has 7 nitrogen and oxygen atoms in total. The molecular weight excluding hydrogens is 450 g/mol. The second-order valence-electron chi connectivity index (χ2n) is 11.7. The first-order valence-electron chi connectivity index (χ1n) is 14.2. The zero-order valence-electron chi connectivity index (χ0n) is 21.3. The minimum atomic E-state index is -0.247. The third-order valence-electron chi connectivity index (χ3n) is 9.30. The minimum Gasteiger partial charge on any atom is -0.393 e. The van der Waals surface area contributed by atoms with E-state index in [0.29, 0.717) is 43.8 Å². The largest absolute Gasteiger partial charge is 0.393 e. The van der Waals surface area contributed by atoms with Crippen molar-refractivity contribution in [3.63, 3.8) is 0 Å². The summed E-state index contributed by atoms with van der Waals surface area (Å²) in [6.07, 6.45) is 11.5. The van der Waals surface area contributed by atoms with Crippen LogP contribution in [0, 0.1) is 23.2 Å². The Hall–Kier alpha value is -2.59. The van der Waals surface area contributed by atoms with Crippen molar-refractivity contribution in [1.29, 1.82) is 5.26 Å². The molecule has 0 bridgehead atoms. The molecule has 6 rings (SSSR count). The van der Waals surface area contributed by atoms with E-state index >= 15 is 0 Å². The quantitative estimate of drug-likeness (QED) is 0.685. The van der Waals surface area contributed by atoms with Crippen molar-refractivity contribution in [1.82, 2.24) is 9.80 Å². The van der Waals surface area contributed by atoms with Crippen LogP contribution in [0.1, 0.15) is 87.7 Å². The molecule has 0 aromatic heterocycles. The standard InChI is InChI=1S/C29H39N5O2/c30-19-23-7-8-24(17-26(23)20-5-6-20)34-27(21-3-1-2-4-21)18-28(31-34)32-13-9-22(10-14-32)29(36)33-15-11-25(35)12-16-33/h7-8,17,20-22,25,27,35H,1-6,9-16,18H2. The van der Waals surface area contributed by atoms with Gasteiger partial charge in [-0.1, -0.05) is 12.8 Å². The van der Waals surface area contributed by atoms with Crippen molar-refractivity contribution in [2.24, 2.45) is 16.9 Å². The van der Waals surface area contributed by atoms with Gasteiger partial charge in [-0.2, -0.15) is 10.4 Å². The highest BCUT2D eigenvalue weighted by Gasteiger charge is 2.39. The highest BCUT2D eigenvalue weighted by molar-refractivity contribution is 5.87. The van der Waals surface area contributed by atoms with Gasteiger partial charge in [0.15, 0.2) is 0 Å². The van der Waals surface area contributed by atoms with Crippen LogP contribution in [0.3, 0.4) is 0 Å². The first-order valence-corrected chi connectivity index (χ1v) is 14.2. The lowest BCUT2D eigenvalue weighted by molar-refractivity contribution is -0.138. The molecule has 2 saturated heterocycles. The highest BCUT2D eigenvalue weighted by atomic mass is 16.3. The van der Waals surface area contributed by atoms with Crippen LogP contribution in [0.4, 0.5) is 5.69 Å². The molecule has 1 unspecified atom stereocenters. The van der Waals surface area contributed by atoms with Gasteiger partial charge in [0.25, 0.3) is 0 Å². The van der Waals surface area contributed by atoms with Gasteiger partial charge in [0.1, 0.15) is 5.84 Å². The zero-order chi connectivity index (χ0) is 24.6. The molecule has 4 fully saturated rings. The van der Waals surface area contributed by atoms with Crippen molar-refractivity contribution in [3.8, 4) is 6.07 Å². The van der Waals surface area contributed by atoms with E-state index < -0.39 is 0 Å². The number of carbonyl (C=O) groups is 1. The van der Waals surface area contributed by atoms with Gasteiger partial charge >= 0.3 is 0 Å². The number of aliphatic hydroxyl groups is 1. The fourth-order valence-electron chi connectivity index (χ4n) is 6.92. The molecule has 1 N–H and O–H groups in total. The summed E-state index contributed by atoms with van der Waals surface area (Å²) in [7, 11) is 0. The number of carbonyl (C=O) groups excluding carboxylic acids is 1. The van der Waals surface area contributed by atoms with Gasteiger partial charge in [0, 0.05) is 38.5 Å². The molecule has 0 radical (unpaired) electrons. The van der Waals surface area contributed by atoms with E-state index in [2.05, 4.69) is 28.1 Å². The molecule has 1 atom stereocenters. The Morgan fingerprint density at radius 1 is 0.972 bits per heavy atom. The second kappa shape index (κ2) is 10.0. The molecule has 1 aromatic rings. The predicted molar refractivity (Wildman–Crippen MR) is 140 cm³/mol. The van der Waals surface area contributed by atoms with Crippen molar-refractivity contribution >= 4 is 17.4 Å². The van der Waals surface area contributed by atoms with Gasteiger partial charge in [-0.3, -0.25) is 9.80 Å². The number of amides is 1. The van der Waals surface area contributed by atoms with Crippen molar-refractivity contribution < 1.29 is 9.90 Å². The first-order chi connectivity index (χ1) is 17.6. The SMILES string of the molecule is N#Cc1ccc(N2N=C(N3CCC(C(=O)N4CCC(O)CC4)CC3)CC2C2CCCC2)cc1C1CC1. The van der Waals surface area contributed by atoms with E-state index in [1.54, 1.807) is 0 Å². The lowest BCUT2D eigenvalue weighted by Crippen LogP contribution is -2.47. The van der Waals surface area contributed by atoms with E-state index in [0.717, 1.165) is 43.6 Å². The molecule has 1 amide bonds. The second-order valence-corrected chi connectivity index (χ2v) is 11.7. The average molecular weight is 490 g/mol. The number of piperidine rings is 2. The molecule has 5 aliphatic rings. The van der Waals surface area contributed by atoms with Gasteiger partial charge in [0.2, 0.25) is 5.91 Å². The Bertz CT molecular complexity index is 1040. The van der Waals surface area contributed by atoms with Crippen LogP contribution in [0.5, 0.6) is 0 Å². The maximum Gasteiger partial charge on any atom is 0.225 e. The van der Waals surface area contributed by atoms with Crippen LogP contribution in [-0.2, 0) is 4.79 Å². The van der Waals surface area contributed by atoms with Crippen LogP contribution >= 0.6 is 0 Å². The third-order valence-corrected chi connectivity index (χ3v) is 9.30. The van der Waals surface area contributed by atoms with Gasteiger partial charge in [-0.05, 0) is 87.0 Å². The lowest BCUT2D eigenvalue weighted by Gasteiger charge is -2.37. The normalized spacial score (nSPS) is 26.4. The molecule has 7 heteroatoms. The topological polar surface area (TPSA) is 83.2 Å². The number of hydrazone groups is 1. The van der Waals surface area contributed by atoms with E-state index in [1.807, 2.05) is 11.0 Å². The van der Waals surface area contributed by atoms with Crippen LogP contribution in [0.15, 0.2) is 23.3 Å². The summed E-state index contributed by atoms with van der Waals surface area (Å²) in [5, 5.41) is 26.9. The van der Waals surface area contributed by atoms with Crippen molar-refractivity contribution in [2.75, 3.05) is 31.2 Å². The summed E-state index contributed by atoms with van der Waals surface area (Å²) in [6.45, 7) is 3.16. The zero-order valence-corrected chi connectivity index (χ0v) is 21.3. The summed E-state index contributed by atoms with van der Waals surface area (Å²) in [5.41, 5.74) is 3.16. The molecule has 36 heavy (non-hydrogen) atoms. The molecule has 2 aliphatic carbocycles. The average Bonchev–Trinajstić information content (AvgIpc) is 3.43. The maximum absolute atomic E-state index is 13.1. The molecule has 192 valence electrons. The van der Waals surface area contributed by atoms with Crippen molar-refractivity contribution in [2.45, 2.75) is 88.7 Å². The van der Waals surface area contributed by atoms with E-state index in [9.17, 15) is 15.2 Å². The van der Waals surface area contributed by atoms with Gasteiger partial charge in [0.05, 0.1) is 29.5 Å². The predicted octanol–water partition coefficient (Wildman–Crippen LogP) is 4.21. The van der Waals surface area contributed by atoms with E-state index in [-0.39, 0.29) is 17.9 Å². The molecule has 2 saturated carbocycles. The van der Waals surface area contributed by atoms with Gasteiger partial charge in [-0.25, -0.2) is 0 Å². The number of hydrogen-bond donors (Lipinski definition) is 1. The number of aliphatic hydroxyl groups excluding tert-OH is 1. The van der Waals surface area contributed by atoms with E-state index in [1.165, 1.54) is 49.9 Å². The van der Waals surface area contributed by atoms with Crippen LogP contribution in [0.2, 0.25) is 0 Å². The Morgan fingerprint density at radius 3 is 2.36 bits per heavy atom. The summed E-state index contributed by atoms with van der Waals surface area (Å²) in [4.78, 5) is 17.5. The summed E-state index contributed by atoms with van der Waals surface area (Å²) < 4.78 is 0. The smallest absolute Gasteiger partial charge is 0.225 e. The number of likely N-dealkylation sites (tertiary alicyclic amines) is 2. The number of anilines is 1. The molecule has 1 aromatic carbocycles. The third kappa shape index (κ3) is 4.72. The molecular formula is C29H39N5O2. The van der Waals surface area contributed by atoms with Crippen LogP contribution in [0.25, 0.3) is 0 Å². The Morgan fingerprint density at radius 2 is 1.69 bits per heavy atom. The Labute approximate surface area is 214 Å². The van der Waals surface area contributed by atoms with Crippen molar-refractivity contribution in [3.05, 3.63) is 29.3 Å². The summed E-state index contributed by atoms with van der Waals surface area (Å²) in [6, 6.07) is 9.12. The number of nitriles is 1. The molecule has 0 spiro atoms. The summed E-state index contributed by atoms with van der Waals surface area (Å²) >= 11 is 0. The number of rotatable bonds is 4. The summed E-state index contributed by atoms with van der Waals surface area (Å²) in [5.74, 6) is 2.76. The Balaban J connectivity index is 1.16. The number of benzene rings is 1. The van der Waals surface area contributed by atoms with Gasteiger partial charge in [-0.15, -0.1) is 0 Å². The van der Waals surface area contributed by atoms with E-state index in [4.69, 9.17) is 5.10 Å². The van der Waals surface area contributed by atoms with Crippen LogP contribution < -0.4 is 5.01 Å². The fraction of sp³-hybridized carbons (Fsp3) is 0.690. The highest BCUT2D eigenvalue weighted by Crippen LogP contribution is 2.44. The fourth-order valence-corrected chi connectivity index (χ4v) is 6.92. The maximum atomic E-state index is 13.1. The Kier molecular flexibility index (Phi) is 6.64. The first kappa shape index (κ1) is 23.8. The number of nitrogens with zero attached hydrogens (tertiary/aromatic N) is 5. The minimum absolute atomic E-state index is 0.0971. The number of hydrogen-bond acceptors (Lipinski definition) is 6. The van der Waals surface area contributed by atoms with Crippen LogP contribution in [-0.4, -0.2) is 65.0 Å². The lowest BCUT2D eigenvalue weighted by atomic mass is 9.92.